The molecule has 2 aromatic rings. The molecule has 1 amide bonds. The number of carbonyl (C=O) groups excluding carboxylic acids is 1. The molecular formula is C19H24FN3O3. The number of aliphatic hydroxyl groups excluding tert-OH is 1. The van der Waals surface area contributed by atoms with Crippen LogP contribution >= 0.6 is 0 Å². The molecule has 2 rings (SSSR count). The number of benzene rings is 1. The minimum Gasteiger partial charge on any atom is -0.396 e. The minimum absolute atomic E-state index is 0.0221. The van der Waals surface area contributed by atoms with E-state index in [1.165, 1.54) is 22.8 Å². The number of nitrogens with one attached hydrogen (secondary N) is 1. The lowest BCUT2D eigenvalue weighted by Gasteiger charge is -2.17. The van der Waals surface area contributed by atoms with Crippen molar-refractivity contribution in [3.8, 4) is 11.4 Å². The normalized spacial score (nSPS) is 12.0. The maximum atomic E-state index is 13.6. The molecule has 0 saturated carbocycles. The van der Waals surface area contributed by atoms with Gasteiger partial charge >= 0.3 is 0 Å². The van der Waals surface area contributed by atoms with Gasteiger partial charge in [-0.2, -0.15) is 0 Å². The van der Waals surface area contributed by atoms with Gasteiger partial charge in [-0.3, -0.25) is 14.2 Å². The van der Waals surface area contributed by atoms with Gasteiger partial charge in [0.1, 0.15) is 18.2 Å². The average Bonchev–Trinajstić information content (AvgIpc) is 2.60. The zero-order valence-corrected chi connectivity index (χ0v) is 15.3. The summed E-state index contributed by atoms with van der Waals surface area (Å²) in [5, 5.41) is 12.0. The first-order valence-electron chi connectivity index (χ1n) is 8.63. The Labute approximate surface area is 151 Å². The Hall–Kier alpha value is -2.54. The van der Waals surface area contributed by atoms with Gasteiger partial charge in [0, 0.05) is 35.9 Å². The molecule has 1 atom stereocenters. The standard InChI is InChI=1S/C19H24FN3O3/c1-4-12(2)21-17(25)11-23-18(14-6-5-7-15(20)10-14)22-13(3)16(8-9-24)19(23)26/h5-7,10,12,24H,4,8-9,11H2,1-3H3,(H,21,25)/t12-/m0/s1. The molecule has 0 aliphatic rings. The molecule has 0 bridgehead atoms. The van der Waals surface area contributed by atoms with Crippen LogP contribution in [0.1, 0.15) is 31.5 Å². The Kier molecular flexibility index (Phi) is 6.63. The molecule has 7 heteroatoms. The van der Waals surface area contributed by atoms with E-state index in [2.05, 4.69) is 10.3 Å². The Morgan fingerprint density at radius 2 is 2.15 bits per heavy atom. The minimum atomic E-state index is -0.454. The maximum absolute atomic E-state index is 13.6. The van der Waals surface area contributed by atoms with Crippen molar-refractivity contribution >= 4 is 5.91 Å². The van der Waals surface area contributed by atoms with Gasteiger partial charge in [0.15, 0.2) is 0 Å². The molecule has 0 aliphatic carbocycles. The smallest absolute Gasteiger partial charge is 0.257 e. The van der Waals surface area contributed by atoms with Gasteiger partial charge in [-0.1, -0.05) is 19.1 Å². The maximum Gasteiger partial charge on any atom is 0.257 e. The number of halogens is 1. The van der Waals surface area contributed by atoms with E-state index >= 15 is 0 Å². The zero-order chi connectivity index (χ0) is 19.3. The molecule has 140 valence electrons. The summed E-state index contributed by atoms with van der Waals surface area (Å²) in [5.74, 6) is -0.544. The number of rotatable bonds is 7. The lowest BCUT2D eigenvalue weighted by atomic mass is 10.1. The van der Waals surface area contributed by atoms with E-state index in [0.717, 1.165) is 6.42 Å². The first-order valence-corrected chi connectivity index (χ1v) is 8.63. The van der Waals surface area contributed by atoms with Crippen LogP contribution in [0.2, 0.25) is 0 Å². The van der Waals surface area contributed by atoms with E-state index in [1.807, 2.05) is 13.8 Å². The number of hydrogen-bond acceptors (Lipinski definition) is 4. The van der Waals surface area contributed by atoms with Crippen LogP contribution in [0.3, 0.4) is 0 Å². The molecule has 1 heterocycles. The summed E-state index contributed by atoms with van der Waals surface area (Å²) in [6, 6.07) is 5.72. The van der Waals surface area contributed by atoms with Crippen molar-refractivity contribution in [3.63, 3.8) is 0 Å². The van der Waals surface area contributed by atoms with Gasteiger partial charge in [0.05, 0.1) is 0 Å². The number of carbonyl (C=O) groups is 1. The second-order valence-electron chi connectivity index (χ2n) is 6.25. The summed E-state index contributed by atoms with van der Waals surface area (Å²) in [4.78, 5) is 29.6. The predicted molar refractivity (Wildman–Crippen MR) is 97.3 cm³/mol. The number of aryl methyl sites for hydroxylation is 1. The quantitative estimate of drug-likeness (QED) is 0.788. The Morgan fingerprint density at radius 3 is 2.77 bits per heavy atom. The van der Waals surface area contributed by atoms with Crippen LogP contribution < -0.4 is 10.9 Å². The third-order valence-corrected chi connectivity index (χ3v) is 4.24. The van der Waals surface area contributed by atoms with Crippen molar-refractivity contribution in [2.75, 3.05) is 6.61 Å². The summed E-state index contributed by atoms with van der Waals surface area (Å²) >= 11 is 0. The highest BCUT2D eigenvalue weighted by atomic mass is 19.1. The lowest BCUT2D eigenvalue weighted by Crippen LogP contribution is -2.39. The van der Waals surface area contributed by atoms with Gasteiger partial charge in [-0.05, 0) is 32.4 Å². The fourth-order valence-electron chi connectivity index (χ4n) is 2.66. The molecule has 0 spiro atoms. The van der Waals surface area contributed by atoms with E-state index in [1.54, 1.807) is 13.0 Å². The zero-order valence-electron chi connectivity index (χ0n) is 15.3. The van der Waals surface area contributed by atoms with Crippen molar-refractivity contribution in [2.24, 2.45) is 0 Å². The number of amides is 1. The number of nitrogens with zero attached hydrogens (tertiary/aromatic N) is 2. The van der Waals surface area contributed by atoms with Crippen molar-refractivity contribution in [2.45, 2.75) is 46.2 Å². The molecule has 0 aliphatic heterocycles. The topological polar surface area (TPSA) is 84.2 Å². The van der Waals surface area contributed by atoms with Crippen LogP contribution in [-0.4, -0.2) is 33.2 Å². The van der Waals surface area contributed by atoms with E-state index < -0.39 is 11.4 Å². The SMILES string of the molecule is CC[C@H](C)NC(=O)Cn1c(-c2cccc(F)c2)nc(C)c(CCO)c1=O. The van der Waals surface area contributed by atoms with Crippen molar-refractivity contribution in [1.29, 1.82) is 0 Å². The molecule has 1 aromatic carbocycles. The van der Waals surface area contributed by atoms with E-state index in [0.29, 0.717) is 16.8 Å². The second-order valence-corrected chi connectivity index (χ2v) is 6.25. The highest BCUT2D eigenvalue weighted by molar-refractivity contribution is 5.76. The molecule has 1 aromatic heterocycles. The third-order valence-electron chi connectivity index (χ3n) is 4.24. The molecule has 0 radical (unpaired) electrons. The van der Waals surface area contributed by atoms with Gasteiger partial charge < -0.3 is 10.4 Å². The monoisotopic (exact) mass is 361 g/mol. The number of hydrogen-bond donors (Lipinski definition) is 2. The third kappa shape index (κ3) is 4.54. The summed E-state index contributed by atoms with van der Waals surface area (Å²) in [6.45, 7) is 5.07. The van der Waals surface area contributed by atoms with Crippen molar-refractivity contribution < 1.29 is 14.3 Å². The van der Waals surface area contributed by atoms with Crippen LogP contribution in [0.5, 0.6) is 0 Å². The molecule has 0 fully saturated rings. The second kappa shape index (κ2) is 8.71. The lowest BCUT2D eigenvalue weighted by molar-refractivity contribution is -0.122. The summed E-state index contributed by atoms with van der Waals surface area (Å²) in [6.07, 6.45) is 0.910. The van der Waals surface area contributed by atoms with E-state index in [9.17, 15) is 19.1 Å². The number of aromatic nitrogens is 2. The largest absolute Gasteiger partial charge is 0.396 e. The summed E-state index contributed by atoms with van der Waals surface area (Å²) in [7, 11) is 0. The number of aliphatic hydroxyl groups is 1. The average molecular weight is 361 g/mol. The molecule has 0 saturated heterocycles. The van der Waals surface area contributed by atoms with Crippen LogP contribution in [0.4, 0.5) is 4.39 Å². The Balaban J connectivity index is 2.56. The molecule has 6 nitrogen and oxygen atoms in total. The van der Waals surface area contributed by atoms with Crippen LogP contribution in [-0.2, 0) is 17.8 Å². The van der Waals surface area contributed by atoms with Gasteiger partial charge in [-0.15, -0.1) is 0 Å². The molecule has 26 heavy (non-hydrogen) atoms. The Bertz CT molecular complexity index is 848. The van der Waals surface area contributed by atoms with Crippen molar-refractivity contribution in [1.82, 2.24) is 14.9 Å². The van der Waals surface area contributed by atoms with Gasteiger partial charge in [0.25, 0.3) is 5.56 Å². The van der Waals surface area contributed by atoms with Crippen LogP contribution in [0, 0.1) is 12.7 Å². The fourth-order valence-corrected chi connectivity index (χ4v) is 2.66. The van der Waals surface area contributed by atoms with E-state index in [4.69, 9.17) is 0 Å². The summed E-state index contributed by atoms with van der Waals surface area (Å²) in [5.41, 5.74) is 0.827. The van der Waals surface area contributed by atoms with Crippen LogP contribution in [0.25, 0.3) is 11.4 Å². The highest BCUT2D eigenvalue weighted by Gasteiger charge is 2.18. The molecular weight excluding hydrogens is 337 g/mol. The first-order chi connectivity index (χ1) is 12.4. The fraction of sp³-hybridized carbons (Fsp3) is 0.421. The molecule has 0 unspecified atom stereocenters. The van der Waals surface area contributed by atoms with Gasteiger partial charge in [0.2, 0.25) is 5.91 Å². The van der Waals surface area contributed by atoms with Gasteiger partial charge in [-0.25, -0.2) is 9.37 Å². The highest BCUT2D eigenvalue weighted by Crippen LogP contribution is 2.18. The van der Waals surface area contributed by atoms with Crippen LogP contribution in [0.15, 0.2) is 29.1 Å². The predicted octanol–water partition coefficient (Wildman–Crippen LogP) is 1.81. The molecule has 2 N–H and O–H groups in total. The van der Waals surface area contributed by atoms with Crippen molar-refractivity contribution in [3.05, 3.63) is 51.7 Å². The summed E-state index contributed by atoms with van der Waals surface area (Å²) < 4.78 is 14.9. The first kappa shape index (κ1) is 19.8. The van der Waals surface area contributed by atoms with E-state index in [-0.39, 0.29) is 37.3 Å². The Morgan fingerprint density at radius 1 is 1.42 bits per heavy atom.